The van der Waals surface area contributed by atoms with E-state index in [9.17, 15) is 0 Å². The van der Waals surface area contributed by atoms with Gasteiger partial charge in [-0.1, -0.05) is 64.2 Å². The molecule has 0 bridgehead atoms. The van der Waals surface area contributed by atoms with E-state index in [1.807, 2.05) is 0 Å². The normalized spacial score (nSPS) is 16.4. The van der Waals surface area contributed by atoms with E-state index >= 15 is 0 Å². The monoisotopic (exact) mass is 304 g/mol. The van der Waals surface area contributed by atoms with Crippen molar-refractivity contribution in [2.75, 3.05) is 7.11 Å². The summed E-state index contributed by atoms with van der Waals surface area (Å²) >= 11 is 0. The third-order valence-corrected chi connectivity index (χ3v) is 5.47. The third-order valence-electron chi connectivity index (χ3n) is 4.38. The van der Waals surface area contributed by atoms with Crippen LogP contribution in [0.2, 0.25) is 6.04 Å². The first kappa shape index (κ1) is 16.6. The number of benzene rings is 1. The van der Waals surface area contributed by atoms with Crippen LogP contribution in [0.25, 0.3) is 0 Å². The second-order valence-corrected chi connectivity index (χ2v) is 7.32. The molecule has 1 aromatic rings. The number of hydrogen-bond acceptors (Lipinski definition) is 2. The van der Waals surface area contributed by atoms with E-state index in [-0.39, 0.29) is 0 Å². The van der Waals surface area contributed by atoms with Crippen LogP contribution in [-0.4, -0.2) is 16.9 Å². The summed E-state index contributed by atoms with van der Waals surface area (Å²) in [7, 11) is 2.38. The summed E-state index contributed by atoms with van der Waals surface area (Å²) in [5.74, 6) is 2.39. The first-order chi connectivity index (χ1) is 10.2. The highest BCUT2D eigenvalue weighted by atomic mass is 28.2. The summed E-state index contributed by atoms with van der Waals surface area (Å²) in [5.41, 5.74) is 2.45. The molecule has 0 heterocycles. The van der Waals surface area contributed by atoms with Gasteiger partial charge in [0.05, 0.1) is 13.7 Å². The fourth-order valence-corrected chi connectivity index (χ4v) is 4.14. The van der Waals surface area contributed by atoms with Gasteiger partial charge in [0.25, 0.3) is 0 Å². The van der Waals surface area contributed by atoms with Crippen molar-refractivity contribution in [3.8, 4) is 5.75 Å². The van der Waals surface area contributed by atoms with Gasteiger partial charge in [0.1, 0.15) is 5.75 Å². The van der Waals surface area contributed by atoms with E-state index in [2.05, 4.69) is 32.0 Å². The molecule has 3 heteroatoms. The third kappa shape index (κ3) is 4.85. The number of rotatable bonds is 7. The van der Waals surface area contributed by atoms with Crippen LogP contribution in [-0.2, 0) is 11.0 Å². The Morgan fingerprint density at radius 1 is 1.19 bits per heavy atom. The second-order valence-electron chi connectivity index (χ2n) is 6.34. The quantitative estimate of drug-likeness (QED) is 0.524. The standard InChI is InChI=1S/C18H28O2Si/c1-14(2)17-11-7-10-16(18(17)19-3)12-20-21-13-15-8-5-4-6-9-15/h7,10-11,14-15H,4-6,8-9,12-13H2,1-3H3. The molecule has 1 aromatic carbocycles. The van der Waals surface area contributed by atoms with E-state index in [1.165, 1.54) is 49.3 Å². The molecule has 0 aromatic heterocycles. The highest BCUT2D eigenvalue weighted by Gasteiger charge is 2.15. The molecule has 0 saturated heterocycles. The summed E-state index contributed by atoms with van der Waals surface area (Å²) in [6, 6.07) is 7.63. The van der Waals surface area contributed by atoms with Crippen molar-refractivity contribution in [3.05, 3.63) is 29.3 Å². The Bertz CT molecular complexity index is 425. The van der Waals surface area contributed by atoms with Gasteiger partial charge >= 0.3 is 0 Å². The van der Waals surface area contributed by atoms with Crippen LogP contribution in [0.1, 0.15) is 63.0 Å². The van der Waals surface area contributed by atoms with Crippen molar-refractivity contribution in [1.29, 1.82) is 0 Å². The molecule has 1 aliphatic rings. The molecule has 1 saturated carbocycles. The second kappa shape index (κ2) is 8.59. The maximum atomic E-state index is 5.95. The molecule has 2 rings (SSSR count). The van der Waals surface area contributed by atoms with Gasteiger partial charge in [0, 0.05) is 5.56 Å². The van der Waals surface area contributed by atoms with Gasteiger partial charge in [-0.2, -0.15) is 0 Å². The predicted octanol–water partition coefficient (Wildman–Crippen LogP) is 4.95. The van der Waals surface area contributed by atoms with E-state index < -0.39 is 0 Å². The Hall–Kier alpha value is -0.803. The smallest absolute Gasteiger partial charge is 0.230 e. The highest BCUT2D eigenvalue weighted by Crippen LogP contribution is 2.30. The maximum Gasteiger partial charge on any atom is 0.230 e. The van der Waals surface area contributed by atoms with Crippen LogP contribution in [0.3, 0.4) is 0 Å². The molecule has 2 nitrogen and oxygen atoms in total. The Labute approximate surface area is 132 Å². The molecule has 0 amide bonds. The molecule has 0 atom stereocenters. The Morgan fingerprint density at radius 3 is 2.62 bits per heavy atom. The van der Waals surface area contributed by atoms with Crippen molar-refractivity contribution in [1.82, 2.24) is 0 Å². The average Bonchev–Trinajstić information content (AvgIpc) is 2.52. The molecule has 1 aliphatic carbocycles. The van der Waals surface area contributed by atoms with E-state index in [0.717, 1.165) is 11.7 Å². The number of ether oxygens (including phenoxy) is 1. The van der Waals surface area contributed by atoms with Crippen LogP contribution >= 0.6 is 0 Å². The molecule has 116 valence electrons. The lowest BCUT2D eigenvalue weighted by molar-refractivity contribution is 0.299. The van der Waals surface area contributed by atoms with Crippen molar-refractivity contribution >= 4 is 9.76 Å². The van der Waals surface area contributed by atoms with Crippen molar-refractivity contribution in [2.45, 2.75) is 64.5 Å². The topological polar surface area (TPSA) is 18.5 Å². The average molecular weight is 305 g/mol. The summed E-state index contributed by atoms with van der Waals surface area (Å²) in [5, 5.41) is 0. The number of hydrogen-bond donors (Lipinski definition) is 0. The molecule has 0 N–H and O–H groups in total. The summed E-state index contributed by atoms with van der Waals surface area (Å²) in [6.45, 7) is 5.08. The molecule has 0 spiro atoms. The molecule has 21 heavy (non-hydrogen) atoms. The SMILES string of the molecule is COc1c(CO[Si]CC2CCCCC2)cccc1C(C)C. The molecular formula is C18H28O2Si. The first-order valence-electron chi connectivity index (χ1n) is 8.22. The van der Waals surface area contributed by atoms with Crippen molar-refractivity contribution in [3.63, 3.8) is 0 Å². The highest BCUT2D eigenvalue weighted by molar-refractivity contribution is 6.27. The minimum Gasteiger partial charge on any atom is -0.496 e. The van der Waals surface area contributed by atoms with Crippen molar-refractivity contribution in [2.24, 2.45) is 5.92 Å². The fraction of sp³-hybridized carbons (Fsp3) is 0.667. The number of methoxy groups -OCH3 is 1. The zero-order chi connectivity index (χ0) is 15.1. The lowest BCUT2D eigenvalue weighted by Crippen LogP contribution is -2.11. The lowest BCUT2D eigenvalue weighted by Gasteiger charge is -2.21. The largest absolute Gasteiger partial charge is 0.496 e. The maximum absolute atomic E-state index is 5.95. The van der Waals surface area contributed by atoms with Gasteiger partial charge in [-0.3, -0.25) is 0 Å². The van der Waals surface area contributed by atoms with E-state index in [1.54, 1.807) is 7.11 Å². The zero-order valence-corrected chi connectivity index (χ0v) is 14.7. The fourth-order valence-electron chi connectivity index (χ4n) is 3.12. The van der Waals surface area contributed by atoms with Crippen LogP contribution in [0.15, 0.2) is 18.2 Å². The Balaban J connectivity index is 1.83. The van der Waals surface area contributed by atoms with E-state index in [0.29, 0.717) is 22.3 Å². The lowest BCUT2D eigenvalue weighted by atomic mass is 9.91. The van der Waals surface area contributed by atoms with Gasteiger partial charge in [0.15, 0.2) is 0 Å². The van der Waals surface area contributed by atoms with Crippen LogP contribution in [0.4, 0.5) is 0 Å². The molecule has 1 fully saturated rings. The van der Waals surface area contributed by atoms with Gasteiger partial charge in [-0.25, -0.2) is 0 Å². The molecular weight excluding hydrogens is 276 g/mol. The van der Waals surface area contributed by atoms with Crippen LogP contribution in [0, 0.1) is 5.92 Å². The zero-order valence-electron chi connectivity index (χ0n) is 13.7. The molecule has 0 aliphatic heterocycles. The summed E-state index contributed by atoms with van der Waals surface area (Å²) in [4.78, 5) is 0. The van der Waals surface area contributed by atoms with Crippen LogP contribution in [0.5, 0.6) is 5.75 Å². The minimum absolute atomic E-state index is 0.476. The Morgan fingerprint density at radius 2 is 1.95 bits per heavy atom. The summed E-state index contributed by atoms with van der Waals surface area (Å²) < 4.78 is 11.6. The number of para-hydroxylation sites is 1. The van der Waals surface area contributed by atoms with Crippen molar-refractivity contribution < 1.29 is 9.16 Å². The minimum atomic E-state index is 0.476. The van der Waals surface area contributed by atoms with Crippen LogP contribution < -0.4 is 4.74 Å². The van der Waals surface area contributed by atoms with Gasteiger partial charge < -0.3 is 9.16 Å². The van der Waals surface area contributed by atoms with Gasteiger partial charge in [-0.05, 0) is 23.4 Å². The van der Waals surface area contributed by atoms with Gasteiger partial charge in [0.2, 0.25) is 9.76 Å². The molecule has 0 unspecified atom stereocenters. The summed E-state index contributed by atoms with van der Waals surface area (Å²) in [6.07, 6.45) is 7.07. The predicted molar refractivity (Wildman–Crippen MR) is 89.0 cm³/mol. The van der Waals surface area contributed by atoms with Gasteiger partial charge in [-0.15, -0.1) is 0 Å². The molecule has 2 radical (unpaired) electrons. The van der Waals surface area contributed by atoms with E-state index in [4.69, 9.17) is 9.16 Å². The first-order valence-corrected chi connectivity index (χ1v) is 9.34. The Kier molecular flexibility index (Phi) is 6.78.